The van der Waals surface area contributed by atoms with Gasteiger partial charge in [-0.25, -0.2) is 0 Å². The molecule has 1 aliphatic rings. The van der Waals surface area contributed by atoms with Crippen LogP contribution < -0.4 is 10.2 Å². The fourth-order valence-corrected chi connectivity index (χ4v) is 2.94. The normalized spacial score (nSPS) is 17.8. The van der Waals surface area contributed by atoms with E-state index in [2.05, 4.69) is 10.1 Å². The van der Waals surface area contributed by atoms with Gasteiger partial charge in [0.05, 0.1) is 30.2 Å². The Labute approximate surface area is 146 Å². The molecule has 24 heavy (non-hydrogen) atoms. The fraction of sp³-hybridized carbons (Fsp3) is 0.471. The van der Waals surface area contributed by atoms with Crippen LogP contribution in [0.2, 0.25) is 5.02 Å². The molecule has 0 unspecified atom stereocenters. The Morgan fingerprint density at radius 1 is 1.38 bits per heavy atom. The average Bonchev–Trinajstić information content (AvgIpc) is 2.88. The summed E-state index contributed by atoms with van der Waals surface area (Å²) in [5.41, 5.74) is -0.140. The number of hydrogen-bond acceptors (Lipinski definition) is 4. The van der Waals surface area contributed by atoms with Crippen molar-refractivity contribution in [1.82, 2.24) is 5.32 Å². The van der Waals surface area contributed by atoms with E-state index in [1.165, 1.54) is 12.0 Å². The van der Waals surface area contributed by atoms with Crippen LogP contribution in [0.5, 0.6) is 0 Å². The summed E-state index contributed by atoms with van der Waals surface area (Å²) in [6.07, 6.45) is 0.176. The summed E-state index contributed by atoms with van der Waals surface area (Å²) in [6.45, 7) is 3.75. The van der Waals surface area contributed by atoms with Gasteiger partial charge in [0.1, 0.15) is 0 Å². The van der Waals surface area contributed by atoms with Crippen molar-refractivity contribution in [3.05, 3.63) is 29.3 Å². The van der Waals surface area contributed by atoms with Crippen LogP contribution in [-0.2, 0) is 19.1 Å². The number of hydrogen-bond donors (Lipinski definition) is 1. The second kappa shape index (κ2) is 7.21. The molecule has 2 amide bonds. The van der Waals surface area contributed by atoms with Gasteiger partial charge in [0.15, 0.2) is 0 Å². The van der Waals surface area contributed by atoms with Crippen molar-refractivity contribution < 1.29 is 19.1 Å². The van der Waals surface area contributed by atoms with Crippen LogP contribution in [0.25, 0.3) is 0 Å². The van der Waals surface area contributed by atoms with Gasteiger partial charge >= 0.3 is 5.97 Å². The van der Waals surface area contributed by atoms with Crippen molar-refractivity contribution in [2.45, 2.75) is 32.2 Å². The number of para-hydroxylation sites is 1. The van der Waals surface area contributed by atoms with Crippen LogP contribution >= 0.6 is 11.6 Å². The predicted molar refractivity (Wildman–Crippen MR) is 90.8 cm³/mol. The highest BCUT2D eigenvalue weighted by Crippen LogP contribution is 2.31. The molecule has 0 aromatic heterocycles. The summed E-state index contributed by atoms with van der Waals surface area (Å²) in [6, 6.07) is 7.03. The molecule has 0 aliphatic carbocycles. The lowest BCUT2D eigenvalue weighted by Gasteiger charge is -2.26. The van der Waals surface area contributed by atoms with Crippen molar-refractivity contribution in [1.29, 1.82) is 0 Å². The summed E-state index contributed by atoms with van der Waals surface area (Å²) in [5.74, 6) is -1.29. The summed E-state index contributed by atoms with van der Waals surface area (Å²) in [7, 11) is 1.30. The largest absolute Gasteiger partial charge is 0.469 e. The first-order valence-electron chi connectivity index (χ1n) is 7.67. The minimum atomic E-state index is -0.745. The number of nitrogens with zero attached hydrogens (tertiary/aromatic N) is 1. The quantitative estimate of drug-likeness (QED) is 0.824. The van der Waals surface area contributed by atoms with Crippen molar-refractivity contribution in [3.63, 3.8) is 0 Å². The summed E-state index contributed by atoms with van der Waals surface area (Å²) >= 11 is 6.13. The molecule has 1 atom stereocenters. The lowest BCUT2D eigenvalue weighted by molar-refractivity contribution is -0.142. The van der Waals surface area contributed by atoms with E-state index in [1.54, 1.807) is 38.1 Å². The maximum absolute atomic E-state index is 12.5. The molecule has 0 spiro atoms. The van der Waals surface area contributed by atoms with Crippen molar-refractivity contribution in [2.75, 3.05) is 18.6 Å². The Hall–Kier alpha value is -2.08. The molecule has 0 radical (unpaired) electrons. The number of esters is 1. The number of anilines is 1. The number of halogens is 1. The van der Waals surface area contributed by atoms with Gasteiger partial charge in [-0.2, -0.15) is 0 Å². The van der Waals surface area contributed by atoms with Gasteiger partial charge in [0.2, 0.25) is 11.8 Å². The van der Waals surface area contributed by atoms with Gasteiger partial charge in [-0.3, -0.25) is 14.4 Å². The molecule has 1 aromatic rings. The summed E-state index contributed by atoms with van der Waals surface area (Å²) < 4.78 is 4.63. The topological polar surface area (TPSA) is 75.7 Å². The van der Waals surface area contributed by atoms with E-state index in [0.29, 0.717) is 10.7 Å². The number of carbonyl (C=O) groups is 3. The molecule has 1 aliphatic heterocycles. The van der Waals surface area contributed by atoms with Gasteiger partial charge in [-0.1, -0.05) is 23.7 Å². The van der Waals surface area contributed by atoms with Crippen LogP contribution in [0.1, 0.15) is 26.7 Å². The maximum atomic E-state index is 12.5. The molecule has 130 valence electrons. The first-order valence-corrected chi connectivity index (χ1v) is 8.05. The molecule has 0 bridgehead atoms. The molecule has 6 nitrogen and oxygen atoms in total. The number of benzene rings is 1. The molecule has 1 saturated heterocycles. The van der Waals surface area contributed by atoms with Crippen LogP contribution in [-0.4, -0.2) is 37.0 Å². The maximum Gasteiger partial charge on any atom is 0.307 e. The van der Waals surface area contributed by atoms with E-state index in [0.717, 1.165) is 0 Å². The number of carbonyl (C=O) groups excluding carboxylic acids is 3. The monoisotopic (exact) mass is 352 g/mol. The Morgan fingerprint density at radius 3 is 2.67 bits per heavy atom. The van der Waals surface area contributed by atoms with E-state index in [1.807, 2.05) is 0 Å². The third-order valence-corrected chi connectivity index (χ3v) is 4.23. The van der Waals surface area contributed by atoms with E-state index in [4.69, 9.17) is 11.6 Å². The Kier molecular flexibility index (Phi) is 5.49. The van der Waals surface area contributed by atoms with Crippen molar-refractivity contribution in [2.24, 2.45) is 5.92 Å². The minimum absolute atomic E-state index is 0.0597. The molecule has 0 saturated carbocycles. The number of ether oxygens (including phenoxy) is 1. The number of rotatable bonds is 5. The molecule has 1 fully saturated rings. The highest BCUT2D eigenvalue weighted by molar-refractivity contribution is 6.33. The molecule has 1 N–H and O–H groups in total. The van der Waals surface area contributed by atoms with Gasteiger partial charge in [-0.15, -0.1) is 0 Å². The standard InChI is InChI=1S/C17H21ClN2O4/c1-17(2,9-15(22)24-3)19-16(23)11-8-14(21)20(10-11)13-7-5-4-6-12(13)18/h4-7,11H,8-10H2,1-3H3,(H,19,23)/t11-/m0/s1. The smallest absolute Gasteiger partial charge is 0.307 e. The first kappa shape index (κ1) is 18.3. The average molecular weight is 353 g/mol. The summed E-state index contributed by atoms with van der Waals surface area (Å²) in [5, 5.41) is 3.29. The predicted octanol–water partition coefficient (Wildman–Crippen LogP) is 2.15. The SMILES string of the molecule is COC(=O)CC(C)(C)NC(=O)[C@H]1CC(=O)N(c2ccccc2Cl)C1. The van der Waals surface area contributed by atoms with Gasteiger partial charge in [0.25, 0.3) is 0 Å². The molecular weight excluding hydrogens is 332 g/mol. The van der Waals surface area contributed by atoms with Crippen LogP contribution in [0.15, 0.2) is 24.3 Å². The van der Waals surface area contributed by atoms with Gasteiger partial charge < -0.3 is 15.0 Å². The zero-order chi connectivity index (χ0) is 17.9. The number of amides is 2. The lowest BCUT2D eigenvalue weighted by Crippen LogP contribution is -2.48. The highest BCUT2D eigenvalue weighted by atomic mass is 35.5. The molecule has 7 heteroatoms. The Morgan fingerprint density at radius 2 is 2.04 bits per heavy atom. The molecule has 1 aromatic carbocycles. The number of methoxy groups -OCH3 is 1. The van der Waals surface area contributed by atoms with E-state index >= 15 is 0 Å². The van der Waals surface area contributed by atoms with Gasteiger partial charge in [0, 0.05) is 18.5 Å². The minimum Gasteiger partial charge on any atom is -0.469 e. The number of nitrogens with one attached hydrogen (secondary N) is 1. The zero-order valence-corrected chi connectivity index (χ0v) is 14.7. The van der Waals surface area contributed by atoms with E-state index < -0.39 is 17.4 Å². The zero-order valence-electron chi connectivity index (χ0n) is 14.0. The third kappa shape index (κ3) is 4.26. The van der Waals surface area contributed by atoms with Crippen LogP contribution in [0, 0.1) is 5.92 Å². The summed E-state index contributed by atoms with van der Waals surface area (Å²) in [4.78, 5) is 37.6. The highest BCUT2D eigenvalue weighted by Gasteiger charge is 2.37. The third-order valence-electron chi connectivity index (χ3n) is 3.91. The van der Waals surface area contributed by atoms with E-state index in [9.17, 15) is 14.4 Å². The van der Waals surface area contributed by atoms with Crippen LogP contribution in [0.4, 0.5) is 5.69 Å². The second-order valence-electron chi connectivity index (χ2n) is 6.48. The molecular formula is C17H21ClN2O4. The van der Waals surface area contributed by atoms with Crippen molar-refractivity contribution >= 4 is 35.1 Å². The lowest BCUT2D eigenvalue weighted by atomic mass is 9.98. The second-order valence-corrected chi connectivity index (χ2v) is 6.89. The van der Waals surface area contributed by atoms with Crippen molar-refractivity contribution in [3.8, 4) is 0 Å². The molecule has 1 heterocycles. The fourth-order valence-electron chi connectivity index (χ4n) is 2.70. The molecule has 2 rings (SSSR count). The first-order chi connectivity index (χ1) is 11.2. The Balaban J connectivity index is 2.04. The van der Waals surface area contributed by atoms with E-state index in [-0.39, 0.29) is 31.2 Å². The Bertz CT molecular complexity index is 660. The van der Waals surface area contributed by atoms with Crippen LogP contribution in [0.3, 0.4) is 0 Å². The van der Waals surface area contributed by atoms with Gasteiger partial charge in [-0.05, 0) is 26.0 Å².